The molecule has 7 heteroatoms. The first-order valence-corrected chi connectivity index (χ1v) is 8.79. The van der Waals surface area contributed by atoms with Crippen LogP contribution in [0, 0.1) is 0 Å². The van der Waals surface area contributed by atoms with Crippen LogP contribution in [0.1, 0.15) is 41.9 Å². The second kappa shape index (κ2) is 5.67. The van der Waals surface area contributed by atoms with Crippen LogP contribution in [-0.2, 0) is 12.8 Å². The molecule has 5 N–H and O–H groups in total. The highest BCUT2D eigenvalue weighted by molar-refractivity contribution is 7.18. The van der Waals surface area contributed by atoms with Crippen molar-refractivity contribution in [3.05, 3.63) is 28.5 Å². The van der Waals surface area contributed by atoms with E-state index in [0.717, 1.165) is 34.3 Å². The quantitative estimate of drug-likeness (QED) is 0.684. The van der Waals surface area contributed by atoms with E-state index in [1.807, 2.05) is 6.92 Å². The summed E-state index contributed by atoms with van der Waals surface area (Å²) in [5, 5.41) is 7.95. The number of nitrogens with two attached hydrogens (primary N) is 2. The zero-order valence-electron chi connectivity index (χ0n) is 13.0. The fourth-order valence-electron chi connectivity index (χ4n) is 3.18. The number of hydrogen-bond donors (Lipinski definition) is 3. The van der Waals surface area contributed by atoms with E-state index in [1.54, 1.807) is 23.7 Å². The van der Waals surface area contributed by atoms with Crippen molar-refractivity contribution in [1.82, 2.24) is 20.2 Å². The molecule has 0 spiro atoms. The lowest BCUT2D eigenvalue weighted by molar-refractivity contribution is 0.578. The van der Waals surface area contributed by atoms with Crippen LogP contribution in [0.5, 0.6) is 0 Å². The molecule has 0 bridgehead atoms. The summed E-state index contributed by atoms with van der Waals surface area (Å²) in [5.74, 6) is 0.663. The lowest BCUT2D eigenvalue weighted by Crippen LogP contribution is -2.32. The van der Waals surface area contributed by atoms with Crippen molar-refractivity contribution in [3.8, 4) is 11.4 Å². The topological polar surface area (TPSA) is 107 Å². The summed E-state index contributed by atoms with van der Waals surface area (Å²) in [6, 6.07) is -0.462. The van der Waals surface area contributed by atoms with Crippen molar-refractivity contribution in [1.29, 1.82) is 0 Å². The normalized spacial score (nSPS) is 17.2. The number of H-pyrrole nitrogens is 1. The first kappa shape index (κ1) is 14.7. The molecular formula is C16H20N6S. The van der Waals surface area contributed by atoms with E-state index in [-0.39, 0.29) is 12.1 Å². The van der Waals surface area contributed by atoms with Crippen LogP contribution in [0.15, 0.2) is 12.4 Å². The van der Waals surface area contributed by atoms with Gasteiger partial charge in [-0.2, -0.15) is 5.10 Å². The smallest absolute Gasteiger partial charge is 0.164 e. The Kier molecular flexibility index (Phi) is 3.63. The SMILES string of the molecule is CC(N)C(N)c1nc(-c2cn[nH]c2)nc2sc3c(c12)CCCC3. The third-order valence-electron chi connectivity index (χ3n) is 4.48. The van der Waals surface area contributed by atoms with Crippen LogP contribution in [-0.4, -0.2) is 26.2 Å². The number of fused-ring (bicyclic) bond motifs is 3. The van der Waals surface area contributed by atoms with E-state index in [4.69, 9.17) is 21.4 Å². The Balaban J connectivity index is 1.99. The Morgan fingerprint density at radius 1 is 1.22 bits per heavy atom. The Hall–Kier alpha value is -1.83. The average molecular weight is 328 g/mol. The van der Waals surface area contributed by atoms with Gasteiger partial charge in [0.2, 0.25) is 0 Å². The first-order chi connectivity index (χ1) is 11.1. The van der Waals surface area contributed by atoms with Crippen LogP contribution in [0.4, 0.5) is 0 Å². The predicted molar refractivity (Wildman–Crippen MR) is 92.2 cm³/mol. The summed E-state index contributed by atoms with van der Waals surface area (Å²) in [6.45, 7) is 1.93. The number of hydrogen-bond acceptors (Lipinski definition) is 6. The number of nitrogens with zero attached hydrogens (tertiary/aromatic N) is 3. The van der Waals surface area contributed by atoms with Crippen LogP contribution in [0.2, 0.25) is 0 Å². The highest BCUT2D eigenvalue weighted by Crippen LogP contribution is 2.39. The van der Waals surface area contributed by atoms with Gasteiger partial charge in [-0.25, -0.2) is 9.97 Å². The summed E-state index contributed by atoms with van der Waals surface area (Å²) in [5.41, 5.74) is 15.6. The minimum atomic E-state index is -0.299. The second-order valence-electron chi connectivity index (χ2n) is 6.20. The molecule has 0 saturated heterocycles. The third-order valence-corrected chi connectivity index (χ3v) is 5.67. The van der Waals surface area contributed by atoms with E-state index in [0.29, 0.717) is 5.82 Å². The van der Waals surface area contributed by atoms with Gasteiger partial charge in [-0.3, -0.25) is 5.10 Å². The first-order valence-electron chi connectivity index (χ1n) is 7.97. The summed E-state index contributed by atoms with van der Waals surface area (Å²) in [6.07, 6.45) is 8.21. The molecular weight excluding hydrogens is 308 g/mol. The van der Waals surface area contributed by atoms with Crippen LogP contribution in [0.25, 0.3) is 21.6 Å². The molecule has 2 atom stereocenters. The van der Waals surface area contributed by atoms with Gasteiger partial charge in [0.05, 0.1) is 23.5 Å². The maximum absolute atomic E-state index is 6.38. The van der Waals surface area contributed by atoms with Crippen molar-refractivity contribution in [3.63, 3.8) is 0 Å². The fourth-order valence-corrected chi connectivity index (χ4v) is 4.45. The van der Waals surface area contributed by atoms with Gasteiger partial charge >= 0.3 is 0 Å². The summed E-state index contributed by atoms with van der Waals surface area (Å²) in [4.78, 5) is 12.0. The van der Waals surface area contributed by atoms with E-state index in [1.165, 1.54) is 23.3 Å². The zero-order chi connectivity index (χ0) is 16.0. The molecule has 3 aromatic heterocycles. The Morgan fingerprint density at radius 3 is 2.78 bits per heavy atom. The number of aryl methyl sites for hydroxylation is 2. The molecule has 3 aromatic rings. The molecule has 0 aliphatic heterocycles. The van der Waals surface area contributed by atoms with Gasteiger partial charge in [0.15, 0.2) is 5.82 Å². The van der Waals surface area contributed by atoms with E-state index < -0.39 is 0 Å². The van der Waals surface area contributed by atoms with Crippen molar-refractivity contribution >= 4 is 21.6 Å². The number of rotatable bonds is 3. The number of nitrogens with one attached hydrogen (secondary N) is 1. The van der Waals surface area contributed by atoms with Gasteiger partial charge in [0.1, 0.15) is 4.83 Å². The molecule has 3 heterocycles. The standard InChI is InChI=1S/C16H20N6S/c1-8(17)13(18)14-12-10-4-2-3-5-11(10)23-16(12)22-15(21-14)9-6-19-20-7-9/h6-8,13H,2-5,17-18H2,1H3,(H,19,20). The van der Waals surface area contributed by atoms with Gasteiger partial charge in [-0.1, -0.05) is 0 Å². The Morgan fingerprint density at radius 2 is 2.04 bits per heavy atom. The summed E-state index contributed by atoms with van der Waals surface area (Å²) < 4.78 is 0. The largest absolute Gasteiger partial charge is 0.326 e. The van der Waals surface area contributed by atoms with E-state index in [9.17, 15) is 0 Å². The molecule has 120 valence electrons. The molecule has 23 heavy (non-hydrogen) atoms. The van der Waals surface area contributed by atoms with Crippen LogP contribution >= 0.6 is 11.3 Å². The van der Waals surface area contributed by atoms with Crippen molar-refractivity contribution in [2.75, 3.05) is 0 Å². The van der Waals surface area contributed by atoms with Crippen LogP contribution in [0.3, 0.4) is 0 Å². The second-order valence-corrected chi connectivity index (χ2v) is 7.28. The Bertz CT molecular complexity index is 836. The van der Waals surface area contributed by atoms with Crippen molar-refractivity contribution in [2.24, 2.45) is 11.5 Å². The maximum atomic E-state index is 6.38. The van der Waals surface area contributed by atoms with Crippen molar-refractivity contribution < 1.29 is 0 Å². The number of aromatic amines is 1. The Labute approximate surface area is 138 Å². The number of aromatic nitrogens is 4. The van der Waals surface area contributed by atoms with Crippen LogP contribution < -0.4 is 11.5 Å². The fraction of sp³-hybridized carbons (Fsp3) is 0.438. The molecule has 1 aliphatic carbocycles. The third kappa shape index (κ3) is 2.45. The van der Waals surface area contributed by atoms with Crippen molar-refractivity contribution in [2.45, 2.75) is 44.7 Å². The van der Waals surface area contributed by atoms with E-state index in [2.05, 4.69) is 10.2 Å². The highest BCUT2D eigenvalue weighted by Gasteiger charge is 2.25. The zero-order valence-corrected chi connectivity index (χ0v) is 13.9. The van der Waals surface area contributed by atoms with Gasteiger partial charge in [-0.15, -0.1) is 11.3 Å². The molecule has 0 aromatic carbocycles. The average Bonchev–Trinajstić information content (AvgIpc) is 3.20. The molecule has 0 fully saturated rings. The molecule has 0 amide bonds. The molecule has 1 aliphatic rings. The number of thiophene rings is 1. The highest BCUT2D eigenvalue weighted by atomic mass is 32.1. The summed E-state index contributed by atoms with van der Waals surface area (Å²) in [7, 11) is 0. The minimum absolute atomic E-state index is 0.163. The maximum Gasteiger partial charge on any atom is 0.164 e. The molecule has 0 radical (unpaired) electrons. The summed E-state index contributed by atoms with van der Waals surface area (Å²) >= 11 is 1.78. The molecule has 2 unspecified atom stereocenters. The minimum Gasteiger partial charge on any atom is -0.326 e. The lowest BCUT2D eigenvalue weighted by atomic mass is 9.94. The molecule has 6 nitrogen and oxygen atoms in total. The van der Waals surface area contributed by atoms with Gasteiger partial charge in [0.25, 0.3) is 0 Å². The molecule has 4 rings (SSSR count). The van der Waals surface area contributed by atoms with Gasteiger partial charge in [0, 0.05) is 22.5 Å². The monoisotopic (exact) mass is 328 g/mol. The molecule has 0 saturated carbocycles. The predicted octanol–water partition coefficient (Wildman–Crippen LogP) is 2.31. The van der Waals surface area contributed by atoms with Gasteiger partial charge < -0.3 is 11.5 Å². The lowest BCUT2D eigenvalue weighted by Gasteiger charge is -2.18. The van der Waals surface area contributed by atoms with E-state index >= 15 is 0 Å². The van der Waals surface area contributed by atoms with Gasteiger partial charge in [-0.05, 0) is 38.2 Å².